The third-order valence-corrected chi connectivity index (χ3v) is 6.19. The van der Waals surface area contributed by atoms with E-state index in [1.165, 1.54) is 26.4 Å². The maximum Gasteiger partial charge on any atom is 0.0691 e. The quantitative estimate of drug-likeness (QED) is 0.399. The van der Waals surface area contributed by atoms with Crippen molar-refractivity contribution in [1.29, 1.82) is 0 Å². The molecular weight excluding hydrogens is 360 g/mol. The summed E-state index contributed by atoms with van der Waals surface area (Å²) in [6.07, 6.45) is 0. The molecule has 0 fully saturated rings. The summed E-state index contributed by atoms with van der Waals surface area (Å²) in [5, 5.41) is 0. The van der Waals surface area contributed by atoms with Crippen LogP contribution < -0.4 is 0 Å². The number of hydrogen-bond acceptors (Lipinski definition) is 3. The van der Waals surface area contributed by atoms with Crippen molar-refractivity contribution >= 4 is 34.1 Å². The topological polar surface area (TPSA) is 24.7 Å². The molecule has 0 saturated heterocycles. The fourth-order valence-electron chi connectivity index (χ4n) is 3.24. The van der Waals surface area contributed by atoms with E-state index in [-0.39, 0.29) is 0 Å². The normalized spacial score (nSPS) is 12.7. The summed E-state index contributed by atoms with van der Waals surface area (Å²) in [7, 11) is 0. The van der Waals surface area contributed by atoms with Crippen molar-refractivity contribution in [3.8, 4) is 0 Å². The Morgan fingerprint density at radius 3 is 1.93 bits per heavy atom. The first kappa shape index (κ1) is 20.2. The van der Waals surface area contributed by atoms with Gasteiger partial charge in [0, 0.05) is 9.75 Å². The molecule has 0 amide bonds. The van der Waals surface area contributed by atoms with Crippen LogP contribution in [0.2, 0.25) is 0 Å². The van der Waals surface area contributed by atoms with Crippen LogP contribution in [-0.4, -0.2) is 11.4 Å². The van der Waals surface area contributed by atoms with Gasteiger partial charge in [-0.05, 0) is 68.5 Å². The van der Waals surface area contributed by atoms with Gasteiger partial charge in [0.25, 0.3) is 0 Å². The highest BCUT2D eigenvalue weighted by Crippen LogP contribution is 2.29. The van der Waals surface area contributed by atoms with E-state index < -0.39 is 0 Å². The van der Waals surface area contributed by atoms with Crippen molar-refractivity contribution in [2.75, 3.05) is 0 Å². The molecule has 2 nitrogen and oxygen atoms in total. The molecule has 3 rings (SSSR count). The van der Waals surface area contributed by atoms with Gasteiger partial charge in [-0.25, -0.2) is 0 Å². The summed E-state index contributed by atoms with van der Waals surface area (Å²) in [4.78, 5) is 12.2. The summed E-state index contributed by atoms with van der Waals surface area (Å²) in [5.74, 6) is 0.457. The smallest absolute Gasteiger partial charge is 0.0691 e. The minimum atomic E-state index is 0.457. The largest absolute Gasteiger partial charge is 0.252 e. The SMILES string of the molecule is CC(=Nc1ccccc1C(C)C)c1ccc(C(C)=Nc2c(C)cccc2C)s1. The molecule has 2 aromatic carbocycles. The molecule has 3 aromatic rings. The van der Waals surface area contributed by atoms with E-state index in [1.807, 2.05) is 0 Å². The van der Waals surface area contributed by atoms with E-state index >= 15 is 0 Å². The predicted octanol–water partition coefficient (Wildman–Crippen LogP) is 7.77. The van der Waals surface area contributed by atoms with E-state index in [1.54, 1.807) is 11.3 Å². The maximum atomic E-state index is 4.92. The van der Waals surface area contributed by atoms with Gasteiger partial charge in [0.15, 0.2) is 0 Å². The number of para-hydroxylation sites is 2. The molecule has 144 valence electrons. The van der Waals surface area contributed by atoms with Crippen molar-refractivity contribution in [3.63, 3.8) is 0 Å². The van der Waals surface area contributed by atoms with Gasteiger partial charge >= 0.3 is 0 Å². The summed E-state index contributed by atoms with van der Waals surface area (Å²) in [6, 6.07) is 19.0. The Labute approximate surface area is 172 Å². The van der Waals surface area contributed by atoms with Crippen LogP contribution in [0.5, 0.6) is 0 Å². The second kappa shape index (κ2) is 8.66. The van der Waals surface area contributed by atoms with Crippen LogP contribution >= 0.6 is 11.3 Å². The lowest BCUT2D eigenvalue weighted by molar-refractivity contribution is 0.867. The minimum Gasteiger partial charge on any atom is -0.252 e. The van der Waals surface area contributed by atoms with E-state index in [4.69, 9.17) is 9.98 Å². The molecule has 0 radical (unpaired) electrons. The van der Waals surface area contributed by atoms with Crippen LogP contribution in [0.15, 0.2) is 64.6 Å². The first-order chi connectivity index (χ1) is 13.4. The standard InChI is InChI=1S/C25H28N2S/c1-16(2)21-12-7-8-13-22(21)26-19(5)23-14-15-24(28-23)20(6)27-25-17(3)10-9-11-18(25)4/h7-16H,1-6H3. The van der Waals surface area contributed by atoms with Crippen LogP contribution in [0.3, 0.4) is 0 Å². The van der Waals surface area contributed by atoms with Gasteiger partial charge in [0.05, 0.1) is 22.8 Å². The Balaban J connectivity index is 1.91. The van der Waals surface area contributed by atoms with Gasteiger partial charge in [-0.15, -0.1) is 11.3 Å². The van der Waals surface area contributed by atoms with Crippen LogP contribution in [0.25, 0.3) is 0 Å². The Morgan fingerprint density at radius 1 is 0.750 bits per heavy atom. The highest BCUT2D eigenvalue weighted by molar-refractivity contribution is 7.16. The summed E-state index contributed by atoms with van der Waals surface area (Å²) in [5.41, 5.74) is 7.93. The number of rotatable bonds is 5. The van der Waals surface area contributed by atoms with Gasteiger partial charge < -0.3 is 0 Å². The third kappa shape index (κ3) is 4.48. The van der Waals surface area contributed by atoms with E-state index in [0.717, 1.165) is 22.8 Å². The molecule has 0 N–H and O–H groups in total. The molecule has 0 unspecified atom stereocenters. The van der Waals surface area contributed by atoms with Crippen LogP contribution in [-0.2, 0) is 0 Å². The number of nitrogens with zero attached hydrogens (tertiary/aromatic N) is 2. The van der Waals surface area contributed by atoms with Crippen molar-refractivity contribution in [2.24, 2.45) is 9.98 Å². The van der Waals surface area contributed by atoms with Gasteiger partial charge in [-0.1, -0.05) is 50.2 Å². The van der Waals surface area contributed by atoms with Gasteiger partial charge in [-0.3, -0.25) is 9.98 Å². The lowest BCUT2D eigenvalue weighted by Crippen LogP contribution is -1.93. The molecule has 0 bridgehead atoms. The highest BCUT2D eigenvalue weighted by atomic mass is 32.1. The van der Waals surface area contributed by atoms with Crippen molar-refractivity contribution in [2.45, 2.75) is 47.5 Å². The van der Waals surface area contributed by atoms with Crippen LogP contribution in [0.4, 0.5) is 11.4 Å². The number of hydrogen-bond donors (Lipinski definition) is 0. The van der Waals surface area contributed by atoms with Crippen LogP contribution in [0.1, 0.15) is 60.1 Å². The first-order valence-electron chi connectivity index (χ1n) is 9.73. The monoisotopic (exact) mass is 388 g/mol. The summed E-state index contributed by atoms with van der Waals surface area (Å²) >= 11 is 1.75. The molecular formula is C25H28N2S. The van der Waals surface area contributed by atoms with Crippen molar-refractivity contribution in [1.82, 2.24) is 0 Å². The molecule has 1 heterocycles. The van der Waals surface area contributed by atoms with Gasteiger partial charge in [0.1, 0.15) is 0 Å². The molecule has 0 saturated carbocycles. The van der Waals surface area contributed by atoms with Gasteiger partial charge in [0.2, 0.25) is 0 Å². The lowest BCUT2D eigenvalue weighted by Gasteiger charge is -2.09. The molecule has 3 heteroatoms. The van der Waals surface area contributed by atoms with Crippen molar-refractivity contribution in [3.05, 3.63) is 81.0 Å². The van der Waals surface area contributed by atoms with Crippen LogP contribution in [0, 0.1) is 13.8 Å². The second-order valence-corrected chi connectivity index (χ2v) is 8.60. The number of aryl methyl sites for hydroxylation is 2. The fraction of sp³-hybridized carbons (Fsp3) is 0.280. The van der Waals surface area contributed by atoms with E-state index in [2.05, 4.69) is 96.1 Å². The molecule has 0 aliphatic rings. The zero-order valence-electron chi connectivity index (χ0n) is 17.6. The summed E-state index contributed by atoms with van der Waals surface area (Å²) in [6.45, 7) is 12.8. The second-order valence-electron chi connectivity index (χ2n) is 7.51. The molecule has 0 spiro atoms. The third-order valence-electron chi connectivity index (χ3n) is 4.89. The Kier molecular flexibility index (Phi) is 6.25. The minimum absolute atomic E-state index is 0.457. The Bertz CT molecular complexity index is 1020. The molecule has 0 atom stereocenters. The highest BCUT2D eigenvalue weighted by Gasteiger charge is 2.10. The fourth-order valence-corrected chi connectivity index (χ4v) is 4.14. The van der Waals surface area contributed by atoms with Gasteiger partial charge in [-0.2, -0.15) is 0 Å². The van der Waals surface area contributed by atoms with E-state index in [9.17, 15) is 0 Å². The molecule has 0 aliphatic carbocycles. The Morgan fingerprint density at radius 2 is 1.32 bits per heavy atom. The lowest BCUT2D eigenvalue weighted by atomic mass is 10.0. The number of benzene rings is 2. The average molecular weight is 389 g/mol. The number of aliphatic imine (C=N–C) groups is 2. The Hall–Kier alpha value is -2.52. The molecule has 1 aromatic heterocycles. The maximum absolute atomic E-state index is 4.92. The van der Waals surface area contributed by atoms with E-state index in [0.29, 0.717) is 5.92 Å². The van der Waals surface area contributed by atoms with Crippen molar-refractivity contribution < 1.29 is 0 Å². The average Bonchev–Trinajstić information content (AvgIpc) is 3.15. The predicted molar refractivity (Wildman–Crippen MR) is 125 cm³/mol. The molecule has 0 aliphatic heterocycles. The summed E-state index contributed by atoms with van der Waals surface area (Å²) < 4.78 is 0. The first-order valence-corrected chi connectivity index (χ1v) is 10.5. The number of thiophene rings is 1. The zero-order valence-corrected chi connectivity index (χ0v) is 18.4. The zero-order chi connectivity index (χ0) is 20.3. The molecule has 28 heavy (non-hydrogen) atoms.